The van der Waals surface area contributed by atoms with Crippen molar-refractivity contribution in [3.8, 4) is 5.75 Å². The number of nitrogens with zero attached hydrogens (tertiary/aromatic N) is 1. The van der Waals surface area contributed by atoms with E-state index in [0.717, 1.165) is 16.9 Å². The highest BCUT2D eigenvalue weighted by Crippen LogP contribution is 2.34. The van der Waals surface area contributed by atoms with Crippen LogP contribution in [0, 0.1) is 5.82 Å². The van der Waals surface area contributed by atoms with Gasteiger partial charge in [0.2, 0.25) is 5.91 Å². The molecular weight excluding hydrogens is 309 g/mol. The van der Waals surface area contributed by atoms with Crippen molar-refractivity contribution in [3.05, 3.63) is 65.5 Å². The third kappa shape index (κ3) is 3.57. The average Bonchev–Trinajstić information content (AvgIpc) is 2.99. The van der Waals surface area contributed by atoms with E-state index in [0.29, 0.717) is 13.0 Å². The van der Waals surface area contributed by atoms with Crippen LogP contribution in [0.15, 0.2) is 48.5 Å². The maximum absolute atomic E-state index is 13.0. The number of rotatable bonds is 4. The first-order chi connectivity index (χ1) is 11.6. The zero-order valence-corrected chi connectivity index (χ0v) is 13.5. The smallest absolute Gasteiger partial charge is 0.227 e. The second-order valence-corrected chi connectivity index (χ2v) is 6.03. The Bertz CT molecular complexity index is 717. The number of methoxy groups -OCH3 is 1. The summed E-state index contributed by atoms with van der Waals surface area (Å²) in [5.41, 5.74) is 1.70. The van der Waals surface area contributed by atoms with Crippen molar-refractivity contribution < 1.29 is 19.0 Å². The molecule has 0 spiro atoms. The Morgan fingerprint density at radius 1 is 1.29 bits per heavy atom. The topological polar surface area (TPSA) is 49.8 Å². The summed E-state index contributed by atoms with van der Waals surface area (Å²) in [6, 6.07) is 13.3. The van der Waals surface area contributed by atoms with E-state index in [9.17, 15) is 14.3 Å². The van der Waals surface area contributed by atoms with Crippen LogP contribution < -0.4 is 4.74 Å². The number of likely N-dealkylation sites (tertiary alicyclic amines) is 1. The van der Waals surface area contributed by atoms with Crippen molar-refractivity contribution in [2.45, 2.75) is 25.0 Å². The minimum Gasteiger partial charge on any atom is -0.497 e. The third-order valence-electron chi connectivity index (χ3n) is 4.35. The summed E-state index contributed by atoms with van der Waals surface area (Å²) in [6.45, 7) is 0.307. The fraction of sp³-hybridized carbons (Fsp3) is 0.316. The number of amides is 1. The van der Waals surface area contributed by atoms with Gasteiger partial charge in [0.25, 0.3) is 0 Å². The van der Waals surface area contributed by atoms with E-state index in [2.05, 4.69) is 0 Å². The molecule has 0 bridgehead atoms. The first-order valence-corrected chi connectivity index (χ1v) is 7.92. The second kappa shape index (κ2) is 7.01. The summed E-state index contributed by atoms with van der Waals surface area (Å²) in [6.07, 6.45) is 0.147. The summed E-state index contributed by atoms with van der Waals surface area (Å²) in [5, 5.41) is 10.0. The van der Waals surface area contributed by atoms with Crippen LogP contribution in [0.5, 0.6) is 5.75 Å². The molecule has 1 aliphatic rings. The molecule has 2 atom stereocenters. The molecule has 0 saturated carbocycles. The fourth-order valence-electron chi connectivity index (χ4n) is 3.13. The summed E-state index contributed by atoms with van der Waals surface area (Å²) < 4.78 is 18.2. The Balaban J connectivity index is 1.79. The van der Waals surface area contributed by atoms with E-state index >= 15 is 0 Å². The molecule has 126 valence electrons. The first-order valence-electron chi connectivity index (χ1n) is 7.92. The summed E-state index contributed by atoms with van der Waals surface area (Å²) in [5.74, 6) is 0.322. The van der Waals surface area contributed by atoms with E-state index in [1.165, 1.54) is 12.1 Å². The standard InChI is InChI=1S/C19H20FNO3/c1-24-17-4-2-3-14(10-17)18-11-16(22)12-21(18)19(23)9-13-5-7-15(20)8-6-13/h2-8,10,16,18,22H,9,11-12H2,1H3. The van der Waals surface area contributed by atoms with E-state index in [1.807, 2.05) is 24.3 Å². The van der Waals surface area contributed by atoms with Gasteiger partial charge < -0.3 is 14.7 Å². The van der Waals surface area contributed by atoms with Gasteiger partial charge in [0, 0.05) is 6.54 Å². The number of ether oxygens (including phenoxy) is 1. The molecule has 2 aromatic carbocycles. The fourth-order valence-corrected chi connectivity index (χ4v) is 3.13. The Morgan fingerprint density at radius 3 is 2.75 bits per heavy atom. The van der Waals surface area contributed by atoms with Crippen LogP contribution in [0.3, 0.4) is 0 Å². The van der Waals surface area contributed by atoms with Gasteiger partial charge in [0.1, 0.15) is 11.6 Å². The Morgan fingerprint density at radius 2 is 2.04 bits per heavy atom. The molecule has 1 amide bonds. The molecule has 5 heteroatoms. The minimum atomic E-state index is -0.543. The number of hydrogen-bond donors (Lipinski definition) is 1. The summed E-state index contributed by atoms with van der Waals surface area (Å²) in [4.78, 5) is 14.4. The molecule has 1 saturated heterocycles. The maximum Gasteiger partial charge on any atom is 0.227 e. The minimum absolute atomic E-state index is 0.0778. The van der Waals surface area contributed by atoms with Crippen LogP contribution in [-0.4, -0.2) is 35.7 Å². The van der Waals surface area contributed by atoms with Crippen molar-refractivity contribution in [2.24, 2.45) is 0 Å². The van der Waals surface area contributed by atoms with E-state index in [4.69, 9.17) is 4.74 Å². The number of β-amino-alcohol motifs (C(OH)–C–C–N with tert-alkyl or cyclic N) is 1. The molecule has 4 nitrogen and oxygen atoms in total. The van der Waals surface area contributed by atoms with Crippen molar-refractivity contribution in [1.29, 1.82) is 0 Å². The van der Waals surface area contributed by atoms with E-state index in [-0.39, 0.29) is 24.2 Å². The zero-order valence-electron chi connectivity index (χ0n) is 13.5. The quantitative estimate of drug-likeness (QED) is 0.938. The highest BCUT2D eigenvalue weighted by atomic mass is 19.1. The van der Waals surface area contributed by atoms with Crippen molar-refractivity contribution in [1.82, 2.24) is 4.90 Å². The Labute approximate surface area is 140 Å². The van der Waals surface area contributed by atoms with Gasteiger partial charge in [-0.25, -0.2) is 4.39 Å². The summed E-state index contributed by atoms with van der Waals surface area (Å²) in [7, 11) is 1.60. The molecule has 3 rings (SSSR count). The van der Waals surface area contributed by atoms with Gasteiger partial charge in [0.05, 0.1) is 25.7 Å². The highest BCUT2D eigenvalue weighted by Gasteiger charge is 2.35. The van der Waals surface area contributed by atoms with E-state index in [1.54, 1.807) is 24.1 Å². The molecule has 1 N–H and O–H groups in total. The second-order valence-electron chi connectivity index (χ2n) is 6.03. The SMILES string of the molecule is COc1cccc(C2CC(O)CN2C(=O)Cc2ccc(F)cc2)c1. The largest absolute Gasteiger partial charge is 0.497 e. The lowest BCUT2D eigenvalue weighted by atomic mass is 10.0. The lowest BCUT2D eigenvalue weighted by molar-refractivity contribution is -0.131. The number of halogens is 1. The van der Waals surface area contributed by atoms with Crippen LogP contribution in [0.1, 0.15) is 23.6 Å². The number of aliphatic hydroxyl groups is 1. The van der Waals surface area contributed by atoms with Crippen LogP contribution in [-0.2, 0) is 11.2 Å². The Hall–Kier alpha value is -2.40. The zero-order chi connectivity index (χ0) is 17.1. The van der Waals surface area contributed by atoms with E-state index < -0.39 is 6.10 Å². The molecule has 0 aliphatic carbocycles. The van der Waals surface area contributed by atoms with Crippen molar-refractivity contribution >= 4 is 5.91 Å². The molecule has 24 heavy (non-hydrogen) atoms. The number of hydrogen-bond acceptors (Lipinski definition) is 3. The number of benzene rings is 2. The van der Waals surface area contributed by atoms with Gasteiger partial charge in [-0.05, 0) is 41.8 Å². The molecular formula is C19H20FNO3. The first kappa shape index (κ1) is 16.5. The van der Waals surface area contributed by atoms with Gasteiger partial charge >= 0.3 is 0 Å². The predicted molar refractivity (Wildman–Crippen MR) is 88.2 cm³/mol. The summed E-state index contributed by atoms with van der Waals surface area (Å²) >= 11 is 0. The lowest BCUT2D eigenvalue weighted by Gasteiger charge is -2.25. The van der Waals surface area contributed by atoms with Gasteiger partial charge in [-0.15, -0.1) is 0 Å². The molecule has 1 aliphatic heterocycles. The van der Waals surface area contributed by atoms with Gasteiger partial charge in [-0.1, -0.05) is 24.3 Å². The number of carbonyl (C=O) groups excluding carboxylic acids is 1. The number of carbonyl (C=O) groups is 1. The van der Waals surface area contributed by atoms with Crippen molar-refractivity contribution in [3.63, 3.8) is 0 Å². The predicted octanol–water partition coefficient (Wildman–Crippen LogP) is 2.71. The lowest BCUT2D eigenvalue weighted by Crippen LogP contribution is -2.33. The molecule has 2 unspecified atom stereocenters. The van der Waals surface area contributed by atoms with Crippen LogP contribution >= 0.6 is 0 Å². The molecule has 2 aromatic rings. The van der Waals surface area contributed by atoms with Crippen LogP contribution in [0.25, 0.3) is 0 Å². The van der Waals surface area contributed by atoms with Gasteiger partial charge in [0.15, 0.2) is 0 Å². The Kier molecular flexibility index (Phi) is 4.81. The third-order valence-corrected chi connectivity index (χ3v) is 4.35. The van der Waals surface area contributed by atoms with Crippen LogP contribution in [0.4, 0.5) is 4.39 Å². The van der Waals surface area contributed by atoms with Gasteiger partial charge in [-0.2, -0.15) is 0 Å². The van der Waals surface area contributed by atoms with Gasteiger partial charge in [-0.3, -0.25) is 4.79 Å². The number of aliphatic hydroxyl groups excluding tert-OH is 1. The maximum atomic E-state index is 13.0. The molecule has 1 fully saturated rings. The normalized spacial score (nSPS) is 20.2. The monoisotopic (exact) mass is 329 g/mol. The van der Waals surface area contributed by atoms with Crippen molar-refractivity contribution in [2.75, 3.05) is 13.7 Å². The average molecular weight is 329 g/mol. The highest BCUT2D eigenvalue weighted by molar-refractivity contribution is 5.79. The van der Waals surface area contributed by atoms with Crippen LogP contribution in [0.2, 0.25) is 0 Å². The molecule has 1 heterocycles. The molecule has 0 aromatic heterocycles. The molecule has 0 radical (unpaired) electrons.